The first kappa shape index (κ1) is 13.1. The van der Waals surface area contributed by atoms with Crippen LogP contribution in [0.4, 0.5) is 4.39 Å². The van der Waals surface area contributed by atoms with Crippen LogP contribution in [0.15, 0.2) is 18.2 Å². The first-order valence-corrected chi connectivity index (χ1v) is 6.88. The van der Waals surface area contributed by atoms with Gasteiger partial charge in [0.05, 0.1) is 6.54 Å². The summed E-state index contributed by atoms with van der Waals surface area (Å²) in [4.78, 5) is 25.7. The summed E-state index contributed by atoms with van der Waals surface area (Å²) in [5.41, 5.74) is 1.69. The maximum absolute atomic E-state index is 13.1. The third-order valence-corrected chi connectivity index (χ3v) is 4.05. The summed E-state index contributed by atoms with van der Waals surface area (Å²) in [7, 11) is 0. The second-order valence-electron chi connectivity index (χ2n) is 5.59. The van der Waals surface area contributed by atoms with Crippen molar-refractivity contribution < 1.29 is 14.0 Å². The van der Waals surface area contributed by atoms with Crippen LogP contribution in [-0.2, 0) is 16.1 Å². The second-order valence-corrected chi connectivity index (χ2v) is 5.59. The Bertz CT molecular complexity index is 569. The lowest BCUT2D eigenvalue weighted by atomic mass is 10.0. The van der Waals surface area contributed by atoms with Gasteiger partial charge in [-0.05, 0) is 48.9 Å². The molecule has 5 heteroatoms. The predicted octanol–water partition coefficient (Wildman–Crippen LogP) is 1.37. The smallest absolute Gasteiger partial charge is 0.243 e. The van der Waals surface area contributed by atoms with Crippen LogP contribution in [0.25, 0.3) is 0 Å². The van der Waals surface area contributed by atoms with Crippen molar-refractivity contribution in [2.45, 2.75) is 32.4 Å². The first-order valence-electron chi connectivity index (χ1n) is 6.88. The van der Waals surface area contributed by atoms with Crippen LogP contribution < -0.4 is 5.32 Å². The minimum absolute atomic E-state index is 0.0578. The van der Waals surface area contributed by atoms with Gasteiger partial charge in [0.25, 0.3) is 0 Å². The van der Waals surface area contributed by atoms with E-state index >= 15 is 0 Å². The van der Waals surface area contributed by atoms with E-state index in [9.17, 15) is 14.0 Å². The molecule has 1 heterocycles. The Kier molecular flexibility index (Phi) is 3.20. The molecule has 1 saturated heterocycles. The molecule has 1 aromatic rings. The van der Waals surface area contributed by atoms with Crippen LogP contribution in [0.1, 0.15) is 24.0 Å². The van der Waals surface area contributed by atoms with Crippen molar-refractivity contribution in [2.75, 3.05) is 6.54 Å². The number of nitrogens with one attached hydrogen (secondary N) is 1. The zero-order valence-corrected chi connectivity index (χ0v) is 11.4. The normalized spacial score (nSPS) is 22.9. The number of hydrogen-bond acceptors (Lipinski definition) is 2. The summed E-state index contributed by atoms with van der Waals surface area (Å²) >= 11 is 0. The van der Waals surface area contributed by atoms with Gasteiger partial charge in [0, 0.05) is 6.54 Å². The Morgan fingerprint density at radius 1 is 1.35 bits per heavy atom. The lowest BCUT2D eigenvalue weighted by Gasteiger charge is -2.35. The van der Waals surface area contributed by atoms with Crippen LogP contribution in [-0.4, -0.2) is 29.3 Å². The molecule has 0 bridgehead atoms. The number of amides is 2. The summed E-state index contributed by atoms with van der Waals surface area (Å²) in [6.07, 6.45) is 1.98. The summed E-state index contributed by atoms with van der Waals surface area (Å²) in [5.74, 6) is -0.134. The molecular formula is C15H17FN2O2. The molecule has 20 heavy (non-hydrogen) atoms. The van der Waals surface area contributed by atoms with Gasteiger partial charge < -0.3 is 10.2 Å². The van der Waals surface area contributed by atoms with Gasteiger partial charge in [0.15, 0.2) is 0 Å². The Balaban J connectivity index is 1.85. The third kappa shape index (κ3) is 2.40. The topological polar surface area (TPSA) is 49.4 Å². The highest BCUT2D eigenvalue weighted by atomic mass is 19.1. The van der Waals surface area contributed by atoms with Crippen molar-refractivity contribution in [3.8, 4) is 0 Å². The van der Waals surface area contributed by atoms with E-state index in [1.54, 1.807) is 11.0 Å². The van der Waals surface area contributed by atoms with Crippen molar-refractivity contribution in [2.24, 2.45) is 5.92 Å². The number of benzene rings is 1. The van der Waals surface area contributed by atoms with Gasteiger partial charge in [-0.3, -0.25) is 9.59 Å². The van der Waals surface area contributed by atoms with Crippen molar-refractivity contribution in [3.63, 3.8) is 0 Å². The fourth-order valence-electron chi connectivity index (χ4n) is 2.75. The number of halogens is 1. The molecule has 0 radical (unpaired) electrons. The SMILES string of the molecule is Cc1cc(F)ccc1CN1C(=O)CNC(=O)C1C1CC1. The second kappa shape index (κ2) is 4.89. The Morgan fingerprint density at radius 2 is 2.10 bits per heavy atom. The van der Waals surface area contributed by atoms with Crippen molar-refractivity contribution in [1.29, 1.82) is 0 Å². The van der Waals surface area contributed by atoms with Crippen molar-refractivity contribution in [3.05, 3.63) is 35.1 Å². The van der Waals surface area contributed by atoms with E-state index in [4.69, 9.17) is 0 Å². The summed E-state index contributed by atoms with van der Waals surface area (Å²) in [6, 6.07) is 4.17. The Labute approximate surface area is 117 Å². The summed E-state index contributed by atoms with van der Waals surface area (Å²) in [5, 5.41) is 2.65. The number of piperazine rings is 1. The largest absolute Gasteiger partial charge is 0.345 e. The number of aryl methyl sites for hydroxylation is 1. The highest BCUT2D eigenvalue weighted by Gasteiger charge is 2.44. The molecule has 4 nitrogen and oxygen atoms in total. The van der Waals surface area contributed by atoms with E-state index in [0.29, 0.717) is 6.54 Å². The predicted molar refractivity (Wildman–Crippen MR) is 71.2 cm³/mol. The number of hydrogen-bond donors (Lipinski definition) is 1. The third-order valence-electron chi connectivity index (χ3n) is 4.05. The lowest BCUT2D eigenvalue weighted by molar-refractivity contribution is -0.147. The molecule has 2 aliphatic rings. The van der Waals surface area contributed by atoms with Gasteiger partial charge in [-0.2, -0.15) is 0 Å². The van der Waals surface area contributed by atoms with E-state index in [0.717, 1.165) is 24.0 Å². The molecule has 1 N–H and O–H groups in total. The number of rotatable bonds is 3. The van der Waals surface area contributed by atoms with Gasteiger partial charge in [-0.15, -0.1) is 0 Å². The van der Waals surface area contributed by atoms with Crippen LogP contribution in [0.5, 0.6) is 0 Å². The van der Waals surface area contributed by atoms with Crippen molar-refractivity contribution >= 4 is 11.8 Å². The molecule has 1 unspecified atom stereocenters. The molecule has 2 fully saturated rings. The quantitative estimate of drug-likeness (QED) is 0.906. The van der Waals surface area contributed by atoms with E-state index in [-0.39, 0.29) is 36.1 Å². The van der Waals surface area contributed by atoms with Crippen LogP contribution in [0.2, 0.25) is 0 Å². The van der Waals surface area contributed by atoms with Gasteiger partial charge in [-0.1, -0.05) is 6.07 Å². The van der Waals surface area contributed by atoms with Gasteiger partial charge in [0.2, 0.25) is 11.8 Å². The maximum Gasteiger partial charge on any atom is 0.243 e. The molecule has 1 atom stereocenters. The average Bonchev–Trinajstić information content (AvgIpc) is 3.21. The van der Waals surface area contributed by atoms with E-state index in [1.807, 2.05) is 6.92 Å². The molecule has 0 spiro atoms. The molecule has 3 rings (SSSR count). The monoisotopic (exact) mass is 276 g/mol. The fourth-order valence-corrected chi connectivity index (χ4v) is 2.75. The molecule has 106 valence electrons. The zero-order valence-electron chi connectivity index (χ0n) is 11.4. The number of carbonyl (C=O) groups is 2. The molecular weight excluding hydrogens is 259 g/mol. The maximum atomic E-state index is 13.1. The highest BCUT2D eigenvalue weighted by Crippen LogP contribution is 2.37. The lowest BCUT2D eigenvalue weighted by Crippen LogP contribution is -2.58. The molecule has 1 aliphatic carbocycles. The molecule has 0 aromatic heterocycles. The molecule has 1 aromatic carbocycles. The molecule has 1 saturated carbocycles. The number of carbonyl (C=O) groups excluding carboxylic acids is 2. The van der Waals surface area contributed by atoms with Crippen molar-refractivity contribution in [1.82, 2.24) is 10.2 Å². The Hall–Kier alpha value is -1.91. The van der Waals surface area contributed by atoms with Crippen LogP contribution >= 0.6 is 0 Å². The molecule has 1 aliphatic heterocycles. The highest BCUT2D eigenvalue weighted by molar-refractivity contribution is 5.95. The standard InChI is InChI=1S/C15H17FN2O2/c1-9-6-12(16)5-4-11(9)8-18-13(19)7-17-15(20)14(18)10-2-3-10/h4-6,10,14H,2-3,7-8H2,1H3,(H,17,20). The van der Waals surface area contributed by atoms with Crippen LogP contribution in [0.3, 0.4) is 0 Å². The van der Waals surface area contributed by atoms with E-state index in [1.165, 1.54) is 12.1 Å². The summed E-state index contributed by atoms with van der Waals surface area (Å²) < 4.78 is 13.1. The number of nitrogens with zero attached hydrogens (tertiary/aromatic N) is 1. The molecule has 2 amide bonds. The van der Waals surface area contributed by atoms with Gasteiger partial charge >= 0.3 is 0 Å². The average molecular weight is 276 g/mol. The zero-order chi connectivity index (χ0) is 14.3. The first-order chi connectivity index (χ1) is 9.56. The summed E-state index contributed by atoms with van der Waals surface area (Å²) in [6.45, 7) is 2.25. The fraction of sp³-hybridized carbons (Fsp3) is 0.467. The minimum Gasteiger partial charge on any atom is -0.345 e. The van der Waals surface area contributed by atoms with E-state index in [2.05, 4.69) is 5.32 Å². The van der Waals surface area contributed by atoms with Gasteiger partial charge in [-0.25, -0.2) is 4.39 Å². The minimum atomic E-state index is -0.360. The van der Waals surface area contributed by atoms with E-state index < -0.39 is 0 Å². The Morgan fingerprint density at radius 3 is 2.75 bits per heavy atom. The van der Waals surface area contributed by atoms with Gasteiger partial charge in [0.1, 0.15) is 11.9 Å². The van der Waals surface area contributed by atoms with Crippen LogP contribution in [0, 0.1) is 18.7 Å².